The lowest BCUT2D eigenvalue weighted by Gasteiger charge is -2.27. The fourth-order valence-corrected chi connectivity index (χ4v) is 3.61. The van der Waals surface area contributed by atoms with Crippen LogP contribution in [-0.2, 0) is 6.18 Å². The van der Waals surface area contributed by atoms with Crippen LogP contribution in [0.25, 0.3) is 5.52 Å². The predicted molar refractivity (Wildman–Crippen MR) is 114 cm³/mol. The van der Waals surface area contributed by atoms with Gasteiger partial charge in [0.05, 0.1) is 24.6 Å². The molecule has 0 atom stereocenters. The first kappa shape index (κ1) is 24.5. The quantitative estimate of drug-likeness (QED) is 0.576. The third-order valence-electron chi connectivity index (χ3n) is 4.19. The number of aromatic nitrogens is 3. The van der Waals surface area contributed by atoms with Gasteiger partial charge in [-0.3, -0.25) is 9.18 Å². The SMILES string of the molecule is CC.CF.O=C(Nc1ccsc1C(F)(F)F)c1ccc2cnc(N3CCNCC3)nn12. The molecule has 1 aliphatic rings. The molecule has 31 heavy (non-hydrogen) atoms. The third-order valence-corrected chi connectivity index (χ3v) is 5.15. The molecule has 0 aliphatic carbocycles. The second-order valence-electron chi connectivity index (χ2n) is 5.97. The molecule has 4 heterocycles. The summed E-state index contributed by atoms with van der Waals surface area (Å²) in [5.74, 6) is -0.190. The molecule has 1 fully saturated rings. The van der Waals surface area contributed by atoms with Gasteiger partial charge in [-0.15, -0.1) is 16.4 Å². The first-order chi connectivity index (χ1) is 14.9. The zero-order chi connectivity index (χ0) is 23.0. The van der Waals surface area contributed by atoms with Crippen LogP contribution in [0.4, 0.5) is 29.2 Å². The maximum absolute atomic E-state index is 13.0. The topological polar surface area (TPSA) is 74.6 Å². The summed E-state index contributed by atoms with van der Waals surface area (Å²) in [6.07, 6.45) is -2.93. The summed E-state index contributed by atoms with van der Waals surface area (Å²) in [6.45, 7) is 7.08. The minimum absolute atomic E-state index is 0.142. The molecular weight excluding hydrogens is 436 g/mol. The minimum Gasteiger partial charge on any atom is -0.337 e. The Balaban J connectivity index is 0.000000807. The fraction of sp³-hybridized carbons (Fsp3) is 0.421. The molecule has 7 nitrogen and oxygen atoms in total. The van der Waals surface area contributed by atoms with Crippen LogP contribution in [0.5, 0.6) is 0 Å². The molecule has 3 aromatic heterocycles. The van der Waals surface area contributed by atoms with E-state index in [1.807, 2.05) is 18.7 Å². The molecule has 0 radical (unpaired) electrons. The average Bonchev–Trinajstić information content (AvgIpc) is 3.43. The van der Waals surface area contributed by atoms with Crippen molar-refractivity contribution in [2.45, 2.75) is 20.0 Å². The highest BCUT2D eigenvalue weighted by atomic mass is 32.1. The number of fused-ring (bicyclic) bond motifs is 1. The van der Waals surface area contributed by atoms with Crippen LogP contribution in [0.15, 0.2) is 29.8 Å². The fourth-order valence-electron chi connectivity index (χ4n) is 2.89. The molecule has 0 spiro atoms. The van der Waals surface area contributed by atoms with E-state index in [-0.39, 0.29) is 11.4 Å². The van der Waals surface area contributed by atoms with Crippen molar-refractivity contribution in [1.82, 2.24) is 19.9 Å². The van der Waals surface area contributed by atoms with Crippen LogP contribution in [0.2, 0.25) is 0 Å². The maximum Gasteiger partial charge on any atom is 0.427 e. The average molecular weight is 461 g/mol. The highest BCUT2D eigenvalue weighted by molar-refractivity contribution is 7.10. The number of anilines is 2. The summed E-state index contributed by atoms with van der Waals surface area (Å²) in [7, 11) is 0.500. The highest BCUT2D eigenvalue weighted by Gasteiger charge is 2.35. The van der Waals surface area contributed by atoms with E-state index in [2.05, 4.69) is 20.7 Å². The van der Waals surface area contributed by atoms with Crippen LogP contribution in [0.3, 0.4) is 0 Å². The summed E-state index contributed by atoms with van der Waals surface area (Å²) in [5, 5.41) is 11.3. The summed E-state index contributed by atoms with van der Waals surface area (Å²) in [5.41, 5.74) is 0.465. The largest absolute Gasteiger partial charge is 0.427 e. The number of alkyl halides is 4. The Kier molecular flexibility index (Phi) is 8.75. The van der Waals surface area contributed by atoms with E-state index in [0.717, 1.165) is 26.2 Å². The Labute approximate surface area is 181 Å². The molecular formula is C19H24F4N6OS. The van der Waals surface area contributed by atoms with Crippen molar-refractivity contribution >= 4 is 34.4 Å². The summed E-state index contributed by atoms with van der Waals surface area (Å²) in [4.78, 5) is 18.0. The smallest absolute Gasteiger partial charge is 0.337 e. The molecule has 0 unspecified atom stereocenters. The Morgan fingerprint density at radius 1 is 1.16 bits per heavy atom. The van der Waals surface area contributed by atoms with Crippen LogP contribution in [0, 0.1) is 0 Å². The normalized spacial score (nSPS) is 13.7. The van der Waals surface area contributed by atoms with E-state index in [1.54, 1.807) is 12.3 Å². The van der Waals surface area contributed by atoms with E-state index >= 15 is 0 Å². The van der Waals surface area contributed by atoms with Crippen molar-refractivity contribution in [2.75, 3.05) is 43.6 Å². The number of hydrogen-bond acceptors (Lipinski definition) is 6. The van der Waals surface area contributed by atoms with Crippen LogP contribution in [0.1, 0.15) is 29.2 Å². The Morgan fingerprint density at radius 2 is 1.84 bits per heavy atom. The standard InChI is InChI=1S/C16H15F3N6OS.C2H6.CH3F/c17-16(18,19)13-11(3-8-27-13)22-14(26)12-2-1-10-9-21-15(23-25(10)12)24-6-4-20-5-7-24;2*1-2/h1-3,8-9,20H,4-7H2,(H,22,26);1-2H3;1H3. The maximum atomic E-state index is 13.0. The Morgan fingerprint density at radius 3 is 2.48 bits per heavy atom. The van der Waals surface area contributed by atoms with Crippen molar-refractivity contribution in [3.8, 4) is 0 Å². The van der Waals surface area contributed by atoms with E-state index in [4.69, 9.17) is 0 Å². The molecule has 0 saturated carbocycles. The van der Waals surface area contributed by atoms with Gasteiger partial charge in [0.1, 0.15) is 10.6 Å². The molecule has 0 aromatic carbocycles. The van der Waals surface area contributed by atoms with Gasteiger partial charge < -0.3 is 15.5 Å². The molecule has 3 aromatic rings. The zero-order valence-electron chi connectivity index (χ0n) is 17.3. The monoisotopic (exact) mass is 460 g/mol. The van der Waals surface area contributed by atoms with Crippen molar-refractivity contribution < 1.29 is 22.4 Å². The van der Waals surface area contributed by atoms with Gasteiger partial charge in [0, 0.05) is 26.2 Å². The van der Waals surface area contributed by atoms with Gasteiger partial charge in [-0.05, 0) is 23.6 Å². The van der Waals surface area contributed by atoms with Gasteiger partial charge in [0.2, 0.25) is 5.95 Å². The van der Waals surface area contributed by atoms with E-state index in [1.165, 1.54) is 22.0 Å². The molecule has 1 saturated heterocycles. The van der Waals surface area contributed by atoms with Gasteiger partial charge in [-0.1, -0.05) is 13.8 Å². The number of carbonyl (C=O) groups excluding carboxylic acids is 1. The van der Waals surface area contributed by atoms with E-state index in [9.17, 15) is 22.4 Å². The number of hydrogen-bond donors (Lipinski definition) is 2. The third kappa shape index (κ3) is 5.70. The number of thiophene rings is 1. The van der Waals surface area contributed by atoms with Gasteiger partial charge in [0.15, 0.2) is 0 Å². The lowest BCUT2D eigenvalue weighted by atomic mass is 10.3. The van der Waals surface area contributed by atoms with Crippen molar-refractivity contribution in [1.29, 1.82) is 0 Å². The molecule has 4 rings (SSSR count). The number of nitrogens with one attached hydrogen (secondary N) is 2. The molecule has 12 heteroatoms. The van der Waals surface area contributed by atoms with Crippen LogP contribution >= 0.6 is 11.3 Å². The summed E-state index contributed by atoms with van der Waals surface area (Å²) >= 11 is 0.536. The zero-order valence-corrected chi connectivity index (χ0v) is 18.1. The van der Waals surface area contributed by atoms with E-state index in [0.29, 0.717) is 30.0 Å². The second-order valence-corrected chi connectivity index (χ2v) is 6.88. The highest BCUT2D eigenvalue weighted by Crippen LogP contribution is 2.39. The summed E-state index contributed by atoms with van der Waals surface area (Å²) in [6, 6.07) is 4.40. The number of piperazine rings is 1. The number of amides is 1. The van der Waals surface area contributed by atoms with Gasteiger partial charge >= 0.3 is 6.18 Å². The van der Waals surface area contributed by atoms with Crippen molar-refractivity contribution in [2.24, 2.45) is 0 Å². The number of carbonyl (C=O) groups is 1. The second kappa shape index (κ2) is 11.0. The molecule has 1 amide bonds. The molecule has 1 aliphatic heterocycles. The van der Waals surface area contributed by atoms with Crippen LogP contribution < -0.4 is 15.5 Å². The molecule has 2 N–H and O–H groups in total. The van der Waals surface area contributed by atoms with Gasteiger partial charge in [-0.2, -0.15) is 13.2 Å². The van der Waals surface area contributed by atoms with Gasteiger partial charge in [-0.25, -0.2) is 9.50 Å². The van der Waals surface area contributed by atoms with Crippen molar-refractivity contribution in [3.05, 3.63) is 40.3 Å². The number of nitrogens with zero attached hydrogens (tertiary/aromatic N) is 4. The lowest BCUT2D eigenvalue weighted by molar-refractivity contribution is -0.133. The molecule has 0 bridgehead atoms. The Bertz CT molecular complexity index is 981. The Hall–Kier alpha value is -2.73. The van der Waals surface area contributed by atoms with Gasteiger partial charge in [0.25, 0.3) is 5.91 Å². The first-order valence-electron chi connectivity index (χ1n) is 9.58. The van der Waals surface area contributed by atoms with Crippen molar-refractivity contribution in [3.63, 3.8) is 0 Å². The number of halogens is 4. The lowest BCUT2D eigenvalue weighted by Crippen LogP contribution is -2.44. The molecule has 170 valence electrons. The van der Waals surface area contributed by atoms with E-state index < -0.39 is 17.0 Å². The minimum atomic E-state index is -4.52. The number of rotatable bonds is 3. The predicted octanol–water partition coefficient (Wildman–Crippen LogP) is 4.08. The summed E-state index contributed by atoms with van der Waals surface area (Å²) < 4.78 is 49.9. The van der Waals surface area contributed by atoms with Crippen LogP contribution in [-0.4, -0.2) is 53.9 Å². The first-order valence-corrected chi connectivity index (χ1v) is 10.5.